The SMILES string of the molecule is COc1ccc(CN2Cc3[nH]nc(CC(C)(C)COCc4ccccc4)c3CC3(CCOCC3)C2)cc1. The van der Waals surface area contributed by atoms with Crippen LogP contribution in [0.5, 0.6) is 5.75 Å². The van der Waals surface area contributed by atoms with Crippen molar-refractivity contribution in [3.63, 3.8) is 0 Å². The Morgan fingerprint density at radius 3 is 2.51 bits per heavy atom. The minimum atomic E-state index is -0.00430. The van der Waals surface area contributed by atoms with Crippen LogP contribution in [0.15, 0.2) is 54.6 Å². The van der Waals surface area contributed by atoms with Crippen LogP contribution in [0, 0.1) is 10.8 Å². The van der Waals surface area contributed by atoms with Crippen LogP contribution in [0.2, 0.25) is 0 Å². The summed E-state index contributed by atoms with van der Waals surface area (Å²) >= 11 is 0. The van der Waals surface area contributed by atoms with Crippen LogP contribution in [0.4, 0.5) is 0 Å². The highest BCUT2D eigenvalue weighted by Crippen LogP contribution is 2.41. The van der Waals surface area contributed by atoms with Gasteiger partial charge in [-0.05, 0) is 65.3 Å². The topological polar surface area (TPSA) is 59.6 Å². The summed E-state index contributed by atoms with van der Waals surface area (Å²) in [6, 6.07) is 18.9. The zero-order chi connectivity index (χ0) is 25.7. The average Bonchev–Trinajstić information content (AvgIpc) is 3.17. The highest BCUT2D eigenvalue weighted by atomic mass is 16.5. The summed E-state index contributed by atoms with van der Waals surface area (Å²) in [5, 5.41) is 8.32. The lowest BCUT2D eigenvalue weighted by Gasteiger charge is -2.39. The van der Waals surface area contributed by atoms with Crippen molar-refractivity contribution >= 4 is 0 Å². The number of methoxy groups -OCH3 is 1. The molecule has 1 spiro atoms. The van der Waals surface area contributed by atoms with Crippen molar-refractivity contribution in [2.24, 2.45) is 10.8 Å². The summed E-state index contributed by atoms with van der Waals surface area (Å²) in [7, 11) is 1.72. The van der Waals surface area contributed by atoms with Gasteiger partial charge in [-0.1, -0.05) is 56.3 Å². The Balaban J connectivity index is 1.31. The second kappa shape index (κ2) is 11.4. The first-order valence-electron chi connectivity index (χ1n) is 13.5. The summed E-state index contributed by atoms with van der Waals surface area (Å²) in [4.78, 5) is 2.59. The number of fused-ring (bicyclic) bond motifs is 1. The number of aromatic amines is 1. The first-order valence-corrected chi connectivity index (χ1v) is 13.5. The van der Waals surface area contributed by atoms with E-state index in [0.717, 1.165) is 64.3 Å². The summed E-state index contributed by atoms with van der Waals surface area (Å²) in [5.74, 6) is 0.899. The number of hydrogen-bond acceptors (Lipinski definition) is 5. The fraction of sp³-hybridized carbons (Fsp3) is 0.516. The maximum absolute atomic E-state index is 6.14. The first kappa shape index (κ1) is 26.0. The van der Waals surface area contributed by atoms with Gasteiger partial charge in [0.1, 0.15) is 5.75 Å². The van der Waals surface area contributed by atoms with Gasteiger partial charge in [-0.2, -0.15) is 5.10 Å². The standard InChI is InChI=1S/C31H41N3O3/c1-30(2,23-37-21-25-7-5-4-6-8-25)18-28-27-17-31(13-15-36-16-14-31)22-34(20-29(27)33-32-28)19-24-9-11-26(35-3)12-10-24/h4-12H,13-23H2,1-3H3,(H,32,33). The van der Waals surface area contributed by atoms with Gasteiger partial charge in [-0.3, -0.25) is 10.00 Å². The van der Waals surface area contributed by atoms with Gasteiger partial charge in [-0.15, -0.1) is 0 Å². The van der Waals surface area contributed by atoms with Gasteiger partial charge >= 0.3 is 0 Å². The van der Waals surface area contributed by atoms with Crippen LogP contribution in [-0.2, 0) is 42.0 Å². The van der Waals surface area contributed by atoms with Gasteiger partial charge in [0.05, 0.1) is 31.7 Å². The van der Waals surface area contributed by atoms with E-state index in [2.05, 4.69) is 72.4 Å². The zero-order valence-electron chi connectivity index (χ0n) is 22.6. The van der Waals surface area contributed by atoms with Crippen molar-refractivity contribution in [3.8, 4) is 5.75 Å². The quantitative estimate of drug-likeness (QED) is 0.414. The van der Waals surface area contributed by atoms with Crippen LogP contribution in [-0.4, -0.2) is 48.6 Å². The average molecular weight is 504 g/mol. The Hall–Kier alpha value is -2.67. The van der Waals surface area contributed by atoms with Gasteiger partial charge in [0.15, 0.2) is 0 Å². The lowest BCUT2D eigenvalue weighted by Crippen LogP contribution is -2.41. The number of nitrogens with zero attached hydrogens (tertiary/aromatic N) is 2. The number of aromatic nitrogens is 2. The van der Waals surface area contributed by atoms with E-state index in [1.54, 1.807) is 7.11 Å². The molecule has 0 radical (unpaired) electrons. The molecule has 37 heavy (non-hydrogen) atoms. The maximum atomic E-state index is 6.14. The molecule has 0 aliphatic carbocycles. The molecule has 0 bridgehead atoms. The molecule has 3 heterocycles. The molecule has 1 N–H and O–H groups in total. The molecule has 6 nitrogen and oxygen atoms in total. The molecule has 1 aromatic heterocycles. The van der Waals surface area contributed by atoms with Crippen LogP contribution in [0.25, 0.3) is 0 Å². The van der Waals surface area contributed by atoms with Crippen molar-refractivity contribution in [1.29, 1.82) is 0 Å². The van der Waals surface area contributed by atoms with E-state index in [1.807, 2.05) is 6.07 Å². The van der Waals surface area contributed by atoms with E-state index >= 15 is 0 Å². The molecule has 3 aromatic rings. The van der Waals surface area contributed by atoms with Crippen molar-refractivity contribution in [3.05, 3.63) is 82.7 Å². The normalized spacial score (nSPS) is 17.9. The third kappa shape index (κ3) is 6.61. The molecule has 1 fully saturated rings. The Kier molecular flexibility index (Phi) is 7.98. The molecule has 2 aliphatic rings. The Labute approximate surface area is 221 Å². The third-order valence-electron chi connectivity index (χ3n) is 7.90. The van der Waals surface area contributed by atoms with E-state index in [-0.39, 0.29) is 10.8 Å². The summed E-state index contributed by atoms with van der Waals surface area (Å²) < 4.78 is 17.3. The Morgan fingerprint density at radius 1 is 1.03 bits per heavy atom. The number of H-pyrrole nitrogens is 1. The number of hydrogen-bond donors (Lipinski definition) is 1. The Morgan fingerprint density at radius 2 is 1.78 bits per heavy atom. The van der Waals surface area contributed by atoms with Gasteiger partial charge in [0, 0.05) is 32.8 Å². The summed E-state index contributed by atoms with van der Waals surface area (Å²) in [6.07, 6.45) is 4.16. The molecule has 2 aliphatic heterocycles. The van der Waals surface area contributed by atoms with E-state index in [0.29, 0.717) is 13.2 Å². The molecule has 0 amide bonds. The van der Waals surface area contributed by atoms with Gasteiger partial charge < -0.3 is 14.2 Å². The van der Waals surface area contributed by atoms with Crippen molar-refractivity contribution in [2.75, 3.05) is 33.5 Å². The zero-order valence-corrected chi connectivity index (χ0v) is 22.6. The van der Waals surface area contributed by atoms with Crippen LogP contribution in [0.1, 0.15) is 54.8 Å². The maximum Gasteiger partial charge on any atom is 0.118 e. The van der Waals surface area contributed by atoms with Crippen LogP contribution >= 0.6 is 0 Å². The second-order valence-corrected chi connectivity index (χ2v) is 11.7. The van der Waals surface area contributed by atoms with Crippen molar-refractivity contribution in [1.82, 2.24) is 15.1 Å². The van der Waals surface area contributed by atoms with E-state index in [1.165, 1.54) is 28.1 Å². The van der Waals surface area contributed by atoms with E-state index in [9.17, 15) is 0 Å². The molecule has 2 aromatic carbocycles. The van der Waals surface area contributed by atoms with Crippen LogP contribution < -0.4 is 4.74 Å². The van der Waals surface area contributed by atoms with Crippen LogP contribution in [0.3, 0.4) is 0 Å². The van der Waals surface area contributed by atoms with Gasteiger partial charge in [0.25, 0.3) is 0 Å². The molecule has 198 valence electrons. The lowest BCUT2D eigenvalue weighted by molar-refractivity contribution is -0.00464. The van der Waals surface area contributed by atoms with E-state index < -0.39 is 0 Å². The molecule has 1 saturated heterocycles. The largest absolute Gasteiger partial charge is 0.497 e. The van der Waals surface area contributed by atoms with Crippen molar-refractivity contribution in [2.45, 2.75) is 59.2 Å². The summed E-state index contributed by atoms with van der Waals surface area (Å²) in [6.45, 7) is 10.5. The number of rotatable bonds is 9. The fourth-order valence-electron chi connectivity index (χ4n) is 5.88. The molecule has 6 heteroatoms. The van der Waals surface area contributed by atoms with Gasteiger partial charge in [-0.25, -0.2) is 0 Å². The fourth-order valence-corrected chi connectivity index (χ4v) is 5.88. The minimum Gasteiger partial charge on any atom is -0.497 e. The summed E-state index contributed by atoms with van der Waals surface area (Å²) in [5.41, 5.74) is 6.65. The lowest BCUT2D eigenvalue weighted by atomic mass is 9.74. The predicted octanol–water partition coefficient (Wildman–Crippen LogP) is 5.56. The highest BCUT2D eigenvalue weighted by molar-refractivity contribution is 5.31. The molecular weight excluding hydrogens is 462 g/mol. The van der Waals surface area contributed by atoms with Gasteiger partial charge in [0.2, 0.25) is 0 Å². The highest BCUT2D eigenvalue weighted by Gasteiger charge is 2.39. The number of nitrogens with one attached hydrogen (secondary N) is 1. The predicted molar refractivity (Wildman–Crippen MR) is 145 cm³/mol. The monoisotopic (exact) mass is 503 g/mol. The van der Waals surface area contributed by atoms with E-state index in [4.69, 9.17) is 19.3 Å². The number of benzene rings is 2. The first-order chi connectivity index (χ1) is 17.9. The molecule has 0 unspecified atom stereocenters. The number of ether oxygens (including phenoxy) is 3. The molecular formula is C31H41N3O3. The second-order valence-electron chi connectivity index (χ2n) is 11.7. The Bertz CT molecular complexity index is 1130. The molecule has 5 rings (SSSR count). The molecule has 0 atom stereocenters. The smallest absolute Gasteiger partial charge is 0.118 e. The minimum absolute atomic E-state index is 0.00430. The third-order valence-corrected chi connectivity index (χ3v) is 7.90. The molecule has 0 saturated carbocycles. The van der Waals surface area contributed by atoms with Crippen molar-refractivity contribution < 1.29 is 14.2 Å².